The lowest BCUT2D eigenvalue weighted by Crippen LogP contribution is -2.49. The molecular weight excluding hydrogens is 302 g/mol. The number of urea groups is 1. The third-order valence-electron chi connectivity index (χ3n) is 6.06. The molecule has 3 atom stereocenters. The maximum Gasteiger partial charge on any atom is 0.325 e. The lowest BCUT2D eigenvalue weighted by Gasteiger charge is -2.36. The number of nitrogens with one attached hydrogen (secondary N) is 1. The number of para-hydroxylation sites is 2. The summed E-state index contributed by atoms with van der Waals surface area (Å²) in [6.07, 6.45) is 4.58. The number of amides is 2. The molecule has 4 rings (SSSR count). The Bertz CT molecular complexity index is 631. The fourth-order valence-electron chi connectivity index (χ4n) is 5.23. The summed E-state index contributed by atoms with van der Waals surface area (Å²) < 4.78 is 0. The fraction of sp³-hybridized carbons (Fsp3) is 0.632. The van der Waals surface area contributed by atoms with E-state index in [4.69, 9.17) is 0 Å². The van der Waals surface area contributed by atoms with Crippen LogP contribution in [0.2, 0.25) is 0 Å². The molecule has 2 amide bonds. The first kappa shape index (κ1) is 15.8. The SMILES string of the molecule is CC(C)N1C(=O)N(c2ccccc2O)CC12CC1CCCNC1C2. The van der Waals surface area contributed by atoms with Crippen molar-refractivity contribution in [2.45, 2.75) is 57.2 Å². The lowest BCUT2D eigenvalue weighted by atomic mass is 9.91. The van der Waals surface area contributed by atoms with E-state index in [0.717, 1.165) is 19.4 Å². The molecule has 3 fully saturated rings. The minimum absolute atomic E-state index is 0.0325. The first-order valence-corrected chi connectivity index (χ1v) is 9.14. The van der Waals surface area contributed by atoms with E-state index in [2.05, 4.69) is 24.1 Å². The van der Waals surface area contributed by atoms with Crippen molar-refractivity contribution >= 4 is 11.7 Å². The van der Waals surface area contributed by atoms with E-state index >= 15 is 0 Å². The summed E-state index contributed by atoms with van der Waals surface area (Å²) >= 11 is 0. The van der Waals surface area contributed by atoms with Crippen molar-refractivity contribution in [2.75, 3.05) is 18.0 Å². The highest BCUT2D eigenvalue weighted by Gasteiger charge is 2.57. The molecule has 0 radical (unpaired) electrons. The van der Waals surface area contributed by atoms with Crippen LogP contribution in [0.4, 0.5) is 10.5 Å². The van der Waals surface area contributed by atoms with Gasteiger partial charge in [0.15, 0.2) is 0 Å². The summed E-state index contributed by atoms with van der Waals surface area (Å²) in [6, 6.07) is 7.89. The van der Waals surface area contributed by atoms with Crippen molar-refractivity contribution in [1.82, 2.24) is 10.2 Å². The third kappa shape index (κ3) is 2.29. The average Bonchev–Trinajstić information content (AvgIpc) is 3.04. The number of benzene rings is 1. The molecule has 0 bridgehead atoms. The van der Waals surface area contributed by atoms with Gasteiger partial charge in [-0.25, -0.2) is 4.79 Å². The molecule has 2 aliphatic heterocycles. The maximum atomic E-state index is 13.2. The second-order valence-corrected chi connectivity index (χ2v) is 7.92. The number of anilines is 1. The highest BCUT2D eigenvalue weighted by molar-refractivity contribution is 5.97. The van der Waals surface area contributed by atoms with Crippen LogP contribution in [0.5, 0.6) is 5.75 Å². The molecular formula is C19H27N3O2. The molecule has 24 heavy (non-hydrogen) atoms. The minimum atomic E-state index is -0.111. The van der Waals surface area contributed by atoms with Gasteiger partial charge in [-0.05, 0) is 64.1 Å². The van der Waals surface area contributed by atoms with Gasteiger partial charge in [-0.15, -0.1) is 0 Å². The zero-order valence-corrected chi connectivity index (χ0v) is 14.5. The zero-order valence-electron chi connectivity index (χ0n) is 14.5. The Balaban J connectivity index is 1.70. The van der Waals surface area contributed by atoms with E-state index in [9.17, 15) is 9.90 Å². The highest BCUT2D eigenvalue weighted by atomic mass is 16.3. The first-order valence-electron chi connectivity index (χ1n) is 9.14. The third-order valence-corrected chi connectivity index (χ3v) is 6.06. The molecule has 1 aliphatic carbocycles. The van der Waals surface area contributed by atoms with Gasteiger partial charge in [-0.3, -0.25) is 4.90 Å². The van der Waals surface area contributed by atoms with Gasteiger partial charge in [0.2, 0.25) is 0 Å². The monoisotopic (exact) mass is 329 g/mol. The predicted octanol–water partition coefficient (Wildman–Crippen LogP) is 2.94. The Hall–Kier alpha value is -1.75. The Morgan fingerprint density at radius 2 is 2.08 bits per heavy atom. The highest BCUT2D eigenvalue weighted by Crippen LogP contribution is 2.48. The largest absolute Gasteiger partial charge is 0.506 e. The van der Waals surface area contributed by atoms with Crippen molar-refractivity contribution in [3.63, 3.8) is 0 Å². The molecule has 1 spiro atoms. The molecule has 5 heteroatoms. The summed E-state index contributed by atoms with van der Waals surface area (Å²) in [4.78, 5) is 17.1. The van der Waals surface area contributed by atoms with Gasteiger partial charge in [0, 0.05) is 12.1 Å². The normalized spacial score (nSPS) is 32.9. The fourth-order valence-corrected chi connectivity index (χ4v) is 5.23. The van der Waals surface area contributed by atoms with Gasteiger partial charge in [0.25, 0.3) is 0 Å². The maximum absolute atomic E-state index is 13.2. The Morgan fingerprint density at radius 1 is 1.29 bits per heavy atom. The number of nitrogens with zero attached hydrogens (tertiary/aromatic N) is 2. The Morgan fingerprint density at radius 3 is 2.79 bits per heavy atom. The van der Waals surface area contributed by atoms with Crippen LogP contribution in [0.1, 0.15) is 39.5 Å². The lowest BCUT2D eigenvalue weighted by molar-refractivity contribution is 0.129. The van der Waals surface area contributed by atoms with Crippen LogP contribution >= 0.6 is 0 Å². The van der Waals surface area contributed by atoms with Crippen LogP contribution in [0.25, 0.3) is 0 Å². The predicted molar refractivity (Wildman–Crippen MR) is 94.3 cm³/mol. The van der Waals surface area contributed by atoms with Crippen LogP contribution in [0, 0.1) is 5.92 Å². The van der Waals surface area contributed by atoms with Gasteiger partial charge >= 0.3 is 6.03 Å². The molecule has 3 aliphatic rings. The molecule has 5 nitrogen and oxygen atoms in total. The minimum Gasteiger partial charge on any atom is -0.506 e. The topological polar surface area (TPSA) is 55.8 Å². The molecule has 1 aromatic rings. The first-order chi connectivity index (χ1) is 11.5. The molecule has 2 N–H and O–H groups in total. The number of aromatic hydroxyl groups is 1. The molecule has 2 saturated heterocycles. The van der Waals surface area contributed by atoms with Gasteiger partial charge in [-0.2, -0.15) is 0 Å². The van der Waals surface area contributed by atoms with Crippen molar-refractivity contribution in [1.29, 1.82) is 0 Å². The molecule has 130 valence electrons. The van der Waals surface area contributed by atoms with Crippen LogP contribution in [0.3, 0.4) is 0 Å². The van der Waals surface area contributed by atoms with E-state index in [-0.39, 0.29) is 23.4 Å². The van der Waals surface area contributed by atoms with Gasteiger partial charge in [-0.1, -0.05) is 12.1 Å². The molecule has 0 aromatic heterocycles. The second-order valence-electron chi connectivity index (χ2n) is 7.92. The second kappa shape index (κ2) is 5.66. The van der Waals surface area contributed by atoms with Crippen LogP contribution < -0.4 is 10.2 Å². The van der Waals surface area contributed by atoms with Crippen molar-refractivity contribution in [2.24, 2.45) is 5.92 Å². The van der Waals surface area contributed by atoms with Gasteiger partial charge in [0.05, 0.1) is 17.8 Å². The van der Waals surface area contributed by atoms with Crippen molar-refractivity contribution in [3.05, 3.63) is 24.3 Å². The summed E-state index contributed by atoms with van der Waals surface area (Å²) in [7, 11) is 0. The molecule has 2 heterocycles. The Kier molecular flexibility index (Phi) is 3.71. The standard InChI is InChI=1S/C19H27N3O2/c1-13(2)22-18(24)21(16-7-3-4-8-17(16)23)12-19(22)10-14-6-5-9-20-15(14)11-19/h3-4,7-8,13-15,20,23H,5-6,9-12H2,1-2H3. The number of phenolic OH excluding ortho intramolecular Hbond substituents is 1. The number of phenols is 1. The number of rotatable bonds is 2. The van der Waals surface area contributed by atoms with Crippen molar-refractivity contribution in [3.8, 4) is 5.75 Å². The molecule has 1 saturated carbocycles. The number of hydrogen-bond acceptors (Lipinski definition) is 3. The van der Waals surface area contributed by atoms with E-state index in [1.165, 1.54) is 12.8 Å². The molecule has 3 unspecified atom stereocenters. The zero-order chi connectivity index (χ0) is 16.9. The van der Waals surface area contributed by atoms with E-state index in [1.54, 1.807) is 17.0 Å². The average molecular weight is 329 g/mol. The van der Waals surface area contributed by atoms with Crippen molar-refractivity contribution < 1.29 is 9.90 Å². The quantitative estimate of drug-likeness (QED) is 0.877. The van der Waals surface area contributed by atoms with E-state index in [0.29, 0.717) is 24.2 Å². The van der Waals surface area contributed by atoms with Gasteiger partial charge in [0.1, 0.15) is 5.75 Å². The van der Waals surface area contributed by atoms with E-state index < -0.39 is 0 Å². The summed E-state index contributed by atoms with van der Waals surface area (Å²) in [5.74, 6) is 0.845. The summed E-state index contributed by atoms with van der Waals surface area (Å²) in [6.45, 7) is 5.97. The molecule has 1 aromatic carbocycles. The van der Waals surface area contributed by atoms with Crippen LogP contribution in [-0.2, 0) is 0 Å². The smallest absolute Gasteiger partial charge is 0.325 e. The number of hydrogen-bond donors (Lipinski definition) is 2. The number of carbonyl (C=O) groups excluding carboxylic acids is 1. The Labute approximate surface area is 143 Å². The summed E-state index contributed by atoms with van der Waals surface area (Å²) in [5, 5.41) is 13.9. The number of piperidine rings is 1. The number of carbonyl (C=O) groups is 1. The summed E-state index contributed by atoms with van der Waals surface area (Å²) in [5.41, 5.74) is 0.521. The van der Waals surface area contributed by atoms with Crippen LogP contribution in [0.15, 0.2) is 24.3 Å². The van der Waals surface area contributed by atoms with Crippen LogP contribution in [-0.4, -0.2) is 46.7 Å². The van der Waals surface area contributed by atoms with E-state index in [1.807, 2.05) is 12.1 Å². The number of fused-ring (bicyclic) bond motifs is 1. The van der Waals surface area contributed by atoms with Gasteiger partial charge < -0.3 is 15.3 Å².